The number of rotatable bonds is 3. The van der Waals surface area contributed by atoms with Gasteiger partial charge in [0.2, 0.25) is 5.91 Å². The average molecular weight is 262 g/mol. The molecule has 104 valence electrons. The number of amides is 1. The molecule has 1 aromatic carbocycles. The van der Waals surface area contributed by atoms with Crippen molar-refractivity contribution in [3.63, 3.8) is 0 Å². The quantitative estimate of drug-likeness (QED) is 0.899. The van der Waals surface area contributed by atoms with E-state index in [-0.39, 0.29) is 17.9 Å². The van der Waals surface area contributed by atoms with Crippen molar-refractivity contribution < 1.29 is 9.53 Å². The number of benzene rings is 1. The summed E-state index contributed by atoms with van der Waals surface area (Å²) in [4.78, 5) is 14.1. The molecule has 1 aromatic rings. The zero-order valence-electron chi connectivity index (χ0n) is 11.6. The Labute approximate surface area is 114 Å². The van der Waals surface area contributed by atoms with Crippen molar-refractivity contribution in [3.05, 3.63) is 35.9 Å². The van der Waals surface area contributed by atoms with Gasteiger partial charge in [0.05, 0.1) is 19.2 Å². The van der Waals surface area contributed by atoms with E-state index in [2.05, 4.69) is 0 Å². The molecule has 1 heterocycles. The normalized spacial score (nSPS) is 21.5. The van der Waals surface area contributed by atoms with E-state index in [4.69, 9.17) is 10.5 Å². The molecule has 1 unspecified atom stereocenters. The van der Waals surface area contributed by atoms with Crippen LogP contribution in [0.4, 0.5) is 0 Å². The molecule has 1 saturated heterocycles. The highest BCUT2D eigenvalue weighted by Gasteiger charge is 2.29. The summed E-state index contributed by atoms with van der Waals surface area (Å²) in [7, 11) is 0. The number of carbonyl (C=O) groups excluding carboxylic acids is 1. The van der Waals surface area contributed by atoms with Gasteiger partial charge < -0.3 is 15.4 Å². The summed E-state index contributed by atoms with van der Waals surface area (Å²) in [6.45, 7) is 5.72. The van der Waals surface area contributed by atoms with Crippen LogP contribution in [0.25, 0.3) is 0 Å². The third-order valence-electron chi connectivity index (χ3n) is 3.55. The van der Waals surface area contributed by atoms with Crippen LogP contribution in [0.1, 0.15) is 25.5 Å². The van der Waals surface area contributed by atoms with Gasteiger partial charge in [-0.05, 0) is 11.5 Å². The van der Waals surface area contributed by atoms with Gasteiger partial charge in [0.1, 0.15) is 6.10 Å². The SMILES string of the molecule is CC(C)[C@@H](N)C(=O)N1CCOC(c2ccccc2)C1. The van der Waals surface area contributed by atoms with Crippen LogP contribution in [-0.4, -0.2) is 36.5 Å². The highest BCUT2D eigenvalue weighted by atomic mass is 16.5. The van der Waals surface area contributed by atoms with E-state index < -0.39 is 6.04 Å². The molecular weight excluding hydrogens is 240 g/mol. The largest absolute Gasteiger partial charge is 0.370 e. The van der Waals surface area contributed by atoms with Crippen LogP contribution in [0.2, 0.25) is 0 Å². The number of hydrogen-bond acceptors (Lipinski definition) is 3. The molecule has 19 heavy (non-hydrogen) atoms. The Hall–Kier alpha value is -1.39. The van der Waals surface area contributed by atoms with Gasteiger partial charge in [-0.1, -0.05) is 44.2 Å². The molecule has 2 atom stereocenters. The number of carbonyl (C=O) groups is 1. The van der Waals surface area contributed by atoms with Crippen molar-refractivity contribution in [3.8, 4) is 0 Å². The molecule has 0 radical (unpaired) electrons. The average Bonchev–Trinajstić information content (AvgIpc) is 2.46. The predicted molar refractivity (Wildman–Crippen MR) is 74.5 cm³/mol. The lowest BCUT2D eigenvalue weighted by Gasteiger charge is -2.35. The van der Waals surface area contributed by atoms with Crippen molar-refractivity contribution >= 4 is 5.91 Å². The molecule has 0 aromatic heterocycles. The van der Waals surface area contributed by atoms with Crippen molar-refractivity contribution in [2.24, 2.45) is 11.7 Å². The standard InChI is InChI=1S/C15H22N2O2/c1-11(2)14(16)15(18)17-8-9-19-13(10-17)12-6-4-3-5-7-12/h3-7,11,13-14H,8-10,16H2,1-2H3/t13?,14-/m1/s1. The van der Waals surface area contributed by atoms with E-state index in [9.17, 15) is 4.79 Å². The van der Waals surface area contributed by atoms with Gasteiger partial charge in [-0.2, -0.15) is 0 Å². The topological polar surface area (TPSA) is 55.6 Å². The van der Waals surface area contributed by atoms with E-state index in [1.165, 1.54) is 0 Å². The van der Waals surface area contributed by atoms with Gasteiger partial charge in [0.25, 0.3) is 0 Å². The number of nitrogens with two attached hydrogens (primary N) is 1. The van der Waals surface area contributed by atoms with Crippen LogP contribution >= 0.6 is 0 Å². The van der Waals surface area contributed by atoms with Crippen molar-refractivity contribution in [1.82, 2.24) is 4.90 Å². The zero-order valence-corrected chi connectivity index (χ0v) is 11.6. The molecule has 1 aliphatic rings. The van der Waals surface area contributed by atoms with E-state index in [0.29, 0.717) is 19.7 Å². The third kappa shape index (κ3) is 3.33. The molecule has 0 saturated carbocycles. The lowest BCUT2D eigenvalue weighted by molar-refractivity contribution is -0.141. The molecule has 2 rings (SSSR count). The molecular formula is C15H22N2O2. The van der Waals surface area contributed by atoms with Crippen LogP contribution in [-0.2, 0) is 9.53 Å². The fourth-order valence-electron chi connectivity index (χ4n) is 2.21. The third-order valence-corrected chi connectivity index (χ3v) is 3.55. The van der Waals surface area contributed by atoms with Gasteiger partial charge >= 0.3 is 0 Å². The van der Waals surface area contributed by atoms with Crippen LogP contribution in [0, 0.1) is 5.92 Å². The minimum absolute atomic E-state index is 0.0271. The summed E-state index contributed by atoms with van der Waals surface area (Å²) in [5.74, 6) is 0.185. The van der Waals surface area contributed by atoms with Crippen LogP contribution in [0.5, 0.6) is 0 Å². The fraction of sp³-hybridized carbons (Fsp3) is 0.533. The molecule has 4 heteroatoms. The van der Waals surface area contributed by atoms with Crippen molar-refractivity contribution in [2.45, 2.75) is 26.0 Å². The Bertz CT molecular complexity index is 419. The van der Waals surface area contributed by atoms with Gasteiger partial charge in [0, 0.05) is 6.54 Å². The molecule has 1 fully saturated rings. The maximum absolute atomic E-state index is 12.3. The second-order valence-electron chi connectivity index (χ2n) is 5.32. The van der Waals surface area contributed by atoms with Gasteiger partial charge in [-0.15, -0.1) is 0 Å². The Kier molecular flexibility index (Phi) is 4.56. The summed E-state index contributed by atoms with van der Waals surface area (Å²) < 4.78 is 5.75. The smallest absolute Gasteiger partial charge is 0.239 e. The number of nitrogens with zero attached hydrogens (tertiary/aromatic N) is 1. The molecule has 4 nitrogen and oxygen atoms in total. The minimum Gasteiger partial charge on any atom is -0.370 e. The first kappa shape index (κ1) is 14.0. The monoisotopic (exact) mass is 262 g/mol. The Morgan fingerprint density at radius 2 is 2.05 bits per heavy atom. The van der Waals surface area contributed by atoms with Crippen molar-refractivity contribution in [2.75, 3.05) is 19.7 Å². The van der Waals surface area contributed by atoms with E-state index in [1.54, 1.807) is 0 Å². The summed E-state index contributed by atoms with van der Waals surface area (Å²) >= 11 is 0. The molecule has 0 aliphatic carbocycles. The van der Waals surface area contributed by atoms with E-state index >= 15 is 0 Å². The van der Waals surface area contributed by atoms with Gasteiger partial charge in [-0.25, -0.2) is 0 Å². The Morgan fingerprint density at radius 1 is 1.37 bits per heavy atom. The Balaban J connectivity index is 2.03. The van der Waals surface area contributed by atoms with Crippen LogP contribution in [0.15, 0.2) is 30.3 Å². The molecule has 1 aliphatic heterocycles. The first-order valence-electron chi connectivity index (χ1n) is 6.80. The minimum atomic E-state index is -0.422. The molecule has 2 N–H and O–H groups in total. The summed E-state index contributed by atoms with van der Waals surface area (Å²) in [6.07, 6.45) is -0.0433. The second-order valence-corrected chi connectivity index (χ2v) is 5.32. The van der Waals surface area contributed by atoms with E-state index in [0.717, 1.165) is 5.56 Å². The van der Waals surface area contributed by atoms with Gasteiger partial charge in [-0.3, -0.25) is 4.79 Å². The fourth-order valence-corrected chi connectivity index (χ4v) is 2.21. The van der Waals surface area contributed by atoms with Gasteiger partial charge in [0.15, 0.2) is 0 Å². The van der Waals surface area contributed by atoms with Crippen molar-refractivity contribution in [1.29, 1.82) is 0 Å². The number of ether oxygens (including phenoxy) is 1. The molecule has 0 bridgehead atoms. The number of hydrogen-bond donors (Lipinski definition) is 1. The highest BCUT2D eigenvalue weighted by Crippen LogP contribution is 2.22. The summed E-state index contributed by atoms with van der Waals surface area (Å²) in [6, 6.07) is 9.58. The predicted octanol–water partition coefficient (Wildman–Crippen LogP) is 1.57. The lowest BCUT2D eigenvalue weighted by Crippen LogP contribution is -2.51. The number of morpholine rings is 1. The first-order chi connectivity index (χ1) is 9.09. The lowest BCUT2D eigenvalue weighted by atomic mass is 10.0. The zero-order chi connectivity index (χ0) is 13.8. The van der Waals surface area contributed by atoms with Crippen LogP contribution < -0.4 is 5.73 Å². The summed E-state index contributed by atoms with van der Waals surface area (Å²) in [5.41, 5.74) is 7.05. The molecule has 1 amide bonds. The Morgan fingerprint density at radius 3 is 2.68 bits per heavy atom. The molecule has 0 spiro atoms. The van der Waals surface area contributed by atoms with E-state index in [1.807, 2.05) is 49.1 Å². The highest BCUT2D eigenvalue weighted by molar-refractivity contribution is 5.82. The maximum atomic E-state index is 12.3. The van der Waals surface area contributed by atoms with Crippen LogP contribution in [0.3, 0.4) is 0 Å². The second kappa shape index (κ2) is 6.17. The summed E-state index contributed by atoms with van der Waals surface area (Å²) in [5, 5.41) is 0. The first-order valence-corrected chi connectivity index (χ1v) is 6.80. The maximum Gasteiger partial charge on any atom is 0.239 e.